The van der Waals surface area contributed by atoms with Crippen LogP contribution in [-0.4, -0.2) is 75.8 Å². The minimum Gasteiger partial charge on any atom is -0.508 e. The first kappa shape index (κ1) is 29.6. The average molecular weight is 515 g/mol. The molecule has 1 aromatic carbocycles. The molecule has 0 fully saturated rings. The normalized spacial score (nSPS) is 14.5. The second-order valence-corrected chi connectivity index (χ2v) is 9.48. The monoisotopic (exact) mass is 514 g/mol. The highest BCUT2D eigenvalue weighted by Crippen LogP contribution is 2.12. The first-order valence-corrected chi connectivity index (χ1v) is 12.8. The number of phenolic OH excluding ortho intramolecular Hbond substituents is 1. The van der Waals surface area contributed by atoms with Crippen molar-refractivity contribution in [2.24, 2.45) is 11.7 Å². The summed E-state index contributed by atoms with van der Waals surface area (Å²) in [4.78, 5) is 49.6. The number of amides is 3. The van der Waals surface area contributed by atoms with E-state index in [1.807, 2.05) is 6.26 Å². The zero-order chi connectivity index (χ0) is 25.8. The average Bonchev–Trinajstić information content (AvgIpc) is 2.79. The number of carbonyl (C=O) groups excluding carboxylic acids is 3. The number of thiol groups is 1. The smallest absolute Gasteiger partial charge is 0.326 e. The molecule has 0 saturated heterocycles. The lowest BCUT2D eigenvalue weighted by Gasteiger charge is -2.26. The van der Waals surface area contributed by atoms with E-state index in [9.17, 15) is 29.4 Å². The lowest BCUT2D eigenvalue weighted by atomic mass is 10.0. The third kappa shape index (κ3) is 9.82. The number of thioether (sulfide) groups is 1. The maximum atomic E-state index is 12.9. The number of aliphatic carboxylic acids is 1. The van der Waals surface area contributed by atoms with Crippen LogP contribution >= 0.6 is 24.4 Å². The number of carbonyl (C=O) groups is 4. The molecular formula is C22H34N4O6S2. The van der Waals surface area contributed by atoms with Crippen molar-refractivity contribution in [1.82, 2.24) is 16.0 Å². The fourth-order valence-corrected chi connectivity index (χ4v) is 3.71. The van der Waals surface area contributed by atoms with Gasteiger partial charge in [0.2, 0.25) is 17.7 Å². The topological polar surface area (TPSA) is 171 Å². The second kappa shape index (κ2) is 14.7. The van der Waals surface area contributed by atoms with Gasteiger partial charge in [0.25, 0.3) is 0 Å². The molecule has 12 heteroatoms. The van der Waals surface area contributed by atoms with E-state index < -0.39 is 47.9 Å². The van der Waals surface area contributed by atoms with Crippen molar-refractivity contribution < 1.29 is 29.4 Å². The van der Waals surface area contributed by atoms with Crippen LogP contribution in [0.25, 0.3) is 0 Å². The Balaban J connectivity index is 2.84. The second-order valence-electron chi connectivity index (χ2n) is 8.13. The summed E-state index contributed by atoms with van der Waals surface area (Å²) in [6, 6.07) is 1.88. The molecule has 0 aliphatic rings. The maximum absolute atomic E-state index is 12.9. The first-order valence-electron chi connectivity index (χ1n) is 10.8. The predicted molar refractivity (Wildman–Crippen MR) is 135 cm³/mol. The summed E-state index contributed by atoms with van der Waals surface area (Å²) in [5.74, 6) is -2.68. The molecule has 1 rings (SSSR count). The van der Waals surface area contributed by atoms with E-state index in [-0.39, 0.29) is 23.8 Å². The van der Waals surface area contributed by atoms with Crippen molar-refractivity contribution in [3.8, 4) is 5.75 Å². The Bertz CT molecular complexity index is 837. The molecule has 190 valence electrons. The van der Waals surface area contributed by atoms with Gasteiger partial charge in [0, 0.05) is 12.2 Å². The van der Waals surface area contributed by atoms with Gasteiger partial charge in [-0.05, 0) is 42.0 Å². The Hall–Kier alpha value is -2.44. The highest BCUT2D eigenvalue weighted by Gasteiger charge is 2.31. The Morgan fingerprint density at radius 1 is 1.00 bits per heavy atom. The summed E-state index contributed by atoms with van der Waals surface area (Å²) in [7, 11) is 0. The number of nitrogens with one attached hydrogen (secondary N) is 3. The van der Waals surface area contributed by atoms with Crippen LogP contribution < -0.4 is 21.7 Å². The first-order chi connectivity index (χ1) is 16.0. The lowest BCUT2D eigenvalue weighted by Crippen LogP contribution is -2.59. The Labute approximate surface area is 209 Å². The standard InChI is InChI=1S/C22H34N4O6S2/c1-12(2)18(26-20(29)17(11-33)25-19(28)15(23)8-9-34-3)21(30)24-16(22(31)32)10-13-4-6-14(27)7-5-13/h4-7,12,15-18,27,33H,8-11,23H2,1-3H3,(H,24,30)(H,25,28)(H,26,29)(H,31,32). The third-order valence-electron chi connectivity index (χ3n) is 5.02. The number of hydrogen-bond acceptors (Lipinski definition) is 8. The van der Waals surface area contributed by atoms with E-state index in [1.165, 1.54) is 12.1 Å². The van der Waals surface area contributed by atoms with Crippen LogP contribution in [-0.2, 0) is 25.6 Å². The van der Waals surface area contributed by atoms with Crippen LogP contribution in [0.15, 0.2) is 24.3 Å². The van der Waals surface area contributed by atoms with Gasteiger partial charge in [-0.25, -0.2) is 4.79 Å². The number of benzene rings is 1. The molecule has 0 radical (unpaired) electrons. The number of phenols is 1. The highest BCUT2D eigenvalue weighted by atomic mass is 32.2. The summed E-state index contributed by atoms with van der Waals surface area (Å²) in [6.07, 6.45) is 2.33. The largest absolute Gasteiger partial charge is 0.508 e. The molecule has 0 aliphatic carbocycles. The summed E-state index contributed by atoms with van der Waals surface area (Å²) >= 11 is 5.67. The molecule has 0 saturated carbocycles. The van der Waals surface area contributed by atoms with Gasteiger partial charge in [-0.15, -0.1) is 0 Å². The van der Waals surface area contributed by atoms with Gasteiger partial charge in [-0.3, -0.25) is 14.4 Å². The van der Waals surface area contributed by atoms with E-state index in [2.05, 4.69) is 28.6 Å². The molecule has 3 amide bonds. The number of rotatable bonds is 14. The van der Waals surface area contributed by atoms with Crippen molar-refractivity contribution in [2.45, 2.75) is 50.9 Å². The quantitative estimate of drug-likeness (QED) is 0.172. The third-order valence-corrected chi connectivity index (χ3v) is 6.03. The Kier molecular flexibility index (Phi) is 12.8. The number of hydrogen-bond donors (Lipinski definition) is 7. The van der Waals surface area contributed by atoms with Gasteiger partial charge in [0.1, 0.15) is 23.9 Å². The summed E-state index contributed by atoms with van der Waals surface area (Å²) < 4.78 is 0. The molecule has 34 heavy (non-hydrogen) atoms. The van der Waals surface area contributed by atoms with Crippen molar-refractivity contribution in [2.75, 3.05) is 17.8 Å². The molecule has 4 atom stereocenters. The molecule has 0 aromatic heterocycles. The molecule has 7 N–H and O–H groups in total. The van der Waals surface area contributed by atoms with Crippen molar-refractivity contribution in [3.63, 3.8) is 0 Å². The fourth-order valence-electron chi connectivity index (χ4n) is 2.97. The number of carboxylic acid groups (broad SMARTS) is 1. The molecular weight excluding hydrogens is 480 g/mol. The number of nitrogens with two attached hydrogens (primary N) is 1. The SMILES string of the molecule is CSCCC(N)C(=O)NC(CS)C(=O)NC(C(=O)NC(Cc1ccc(O)cc1)C(=O)O)C(C)C. The van der Waals surface area contributed by atoms with Gasteiger partial charge in [0.15, 0.2) is 0 Å². The lowest BCUT2D eigenvalue weighted by molar-refractivity contribution is -0.142. The number of carboxylic acids is 1. The van der Waals surface area contributed by atoms with Gasteiger partial charge in [0.05, 0.1) is 6.04 Å². The minimum atomic E-state index is -1.25. The minimum absolute atomic E-state index is 0.0105. The van der Waals surface area contributed by atoms with E-state index in [4.69, 9.17) is 5.73 Å². The zero-order valence-corrected chi connectivity index (χ0v) is 21.2. The van der Waals surface area contributed by atoms with Crippen molar-refractivity contribution >= 4 is 48.1 Å². The Morgan fingerprint density at radius 3 is 2.09 bits per heavy atom. The van der Waals surface area contributed by atoms with E-state index in [0.29, 0.717) is 17.7 Å². The van der Waals surface area contributed by atoms with Gasteiger partial charge in [-0.2, -0.15) is 24.4 Å². The molecule has 0 heterocycles. The predicted octanol–water partition coefficient (Wildman–Crippen LogP) is 0.140. The number of aromatic hydroxyl groups is 1. The van der Waals surface area contributed by atoms with Crippen LogP contribution in [0.4, 0.5) is 0 Å². The van der Waals surface area contributed by atoms with E-state index >= 15 is 0 Å². The summed E-state index contributed by atoms with van der Waals surface area (Å²) in [5, 5.41) is 26.5. The molecule has 1 aromatic rings. The maximum Gasteiger partial charge on any atom is 0.326 e. The van der Waals surface area contributed by atoms with Crippen LogP contribution in [0.2, 0.25) is 0 Å². The molecule has 0 bridgehead atoms. The van der Waals surface area contributed by atoms with Crippen molar-refractivity contribution in [1.29, 1.82) is 0 Å². The van der Waals surface area contributed by atoms with Crippen LogP contribution in [0.1, 0.15) is 25.8 Å². The zero-order valence-electron chi connectivity index (χ0n) is 19.5. The Morgan fingerprint density at radius 2 is 1.59 bits per heavy atom. The molecule has 0 spiro atoms. The summed E-state index contributed by atoms with van der Waals surface area (Å²) in [5.41, 5.74) is 6.45. The fraction of sp³-hybridized carbons (Fsp3) is 0.545. The van der Waals surface area contributed by atoms with E-state index in [1.54, 1.807) is 37.7 Å². The highest BCUT2D eigenvalue weighted by molar-refractivity contribution is 7.98. The molecule has 4 unspecified atom stereocenters. The van der Waals surface area contributed by atoms with Gasteiger partial charge in [-0.1, -0.05) is 26.0 Å². The van der Waals surface area contributed by atoms with Crippen molar-refractivity contribution in [3.05, 3.63) is 29.8 Å². The van der Waals surface area contributed by atoms with Gasteiger partial charge < -0.3 is 31.9 Å². The van der Waals surface area contributed by atoms with Crippen LogP contribution in [0.3, 0.4) is 0 Å². The molecule has 10 nitrogen and oxygen atoms in total. The molecule has 0 aliphatic heterocycles. The van der Waals surface area contributed by atoms with Crippen LogP contribution in [0, 0.1) is 5.92 Å². The summed E-state index contributed by atoms with van der Waals surface area (Å²) in [6.45, 7) is 3.40. The van der Waals surface area contributed by atoms with E-state index in [0.717, 1.165) is 0 Å². The van der Waals surface area contributed by atoms with Crippen LogP contribution in [0.5, 0.6) is 5.75 Å². The van der Waals surface area contributed by atoms with Gasteiger partial charge >= 0.3 is 5.97 Å².